The molecular weight excluding hydrogens is 346 g/mol. The van der Waals surface area contributed by atoms with Crippen molar-refractivity contribution in [3.63, 3.8) is 0 Å². The molecule has 0 radical (unpaired) electrons. The van der Waals surface area contributed by atoms with Gasteiger partial charge < -0.3 is 9.84 Å². The second kappa shape index (κ2) is 10.6. The van der Waals surface area contributed by atoms with Gasteiger partial charge >= 0.3 is 5.97 Å². The average Bonchev–Trinajstić information content (AvgIpc) is 2.89. The number of esters is 1. The fourth-order valence-corrected chi connectivity index (χ4v) is 3.59. The van der Waals surface area contributed by atoms with E-state index >= 15 is 0 Å². The van der Waals surface area contributed by atoms with Gasteiger partial charge in [-0.1, -0.05) is 17.2 Å². The number of ether oxygens (including phenoxy) is 1. The Hall–Kier alpha value is -1.51. The molecule has 26 heavy (non-hydrogen) atoms. The zero-order chi connectivity index (χ0) is 19.7. The highest BCUT2D eigenvalue weighted by Crippen LogP contribution is 2.35. The summed E-state index contributed by atoms with van der Waals surface area (Å²) in [5.41, 5.74) is 4.13. The summed E-state index contributed by atoms with van der Waals surface area (Å²) in [6.07, 6.45) is 6.33. The van der Waals surface area contributed by atoms with Crippen LogP contribution >= 0.6 is 11.8 Å². The Bertz CT molecular complexity index is 630. The van der Waals surface area contributed by atoms with Gasteiger partial charge in [-0.15, -0.1) is 6.58 Å². The van der Waals surface area contributed by atoms with E-state index in [-0.39, 0.29) is 5.97 Å². The minimum absolute atomic E-state index is 0.199. The number of hydrogen-bond acceptors (Lipinski definition) is 5. The number of aliphatic hydroxyl groups excluding tert-OH is 1. The molecule has 0 spiro atoms. The Balaban J connectivity index is 2.54. The highest BCUT2D eigenvalue weighted by Gasteiger charge is 2.33. The Morgan fingerprint density at radius 1 is 1.50 bits per heavy atom. The van der Waals surface area contributed by atoms with E-state index in [2.05, 4.69) is 25.0 Å². The number of rotatable bonds is 11. The SMILES string of the molecule is C=C(C)CC[C@@H](O)[C@@](C)(CC/C=C(\C)CCC1=C(C)C(=O)OC1)SC#N. The van der Waals surface area contributed by atoms with Crippen molar-refractivity contribution >= 4 is 17.7 Å². The minimum atomic E-state index is -0.535. The lowest BCUT2D eigenvalue weighted by Crippen LogP contribution is -2.35. The quantitative estimate of drug-likeness (QED) is 0.310. The molecule has 0 saturated heterocycles. The van der Waals surface area contributed by atoms with Gasteiger partial charge in [0.05, 0.1) is 10.9 Å². The molecule has 0 bridgehead atoms. The maximum Gasteiger partial charge on any atom is 0.334 e. The first-order valence-corrected chi connectivity index (χ1v) is 9.92. The molecule has 144 valence electrons. The van der Waals surface area contributed by atoms with Crippen LogP contribution in [0.4, 0.5) is 0 Å². The molecule has 1 N–H and O–H groups in total. The standard InChI is InChI=1S/C21H31NO3S/c1-15(2)8-11-19(23)21(5,26-14-22)12-6-7-16(3)9-10-18-13-25-20(24)17(18)4/h7,19,23H,1,6,8-13H2,2-5H3/b16-7+/t19-,21-/m1/s1. The molecule has 0 saturated carbocycles. The first kappa shape index (κ1) is 22.5. The highest BCUT2D eigenvalue weighted by molar-refractivity contribution is 8.05. The third kappa shape index (κ3) is 7.01. The largest absolute Gasteiger partial charge is 0.458 e. The Morgan fingerprint density at radius 2 is 2.19 bits per heavy atom. The number of hydrogen-bond donors (Lipinski definition) is 1. The molecule has 0 aromatic carbocycles. The van der Waals surface area contributed by atoms with Crippen molar-refractivity contribution < 1.29 is 14.6 Å². The number of carbonyl (C=O) groups is 1. The van der Waals surface area contributed by atoms with Crippen molar-refractivity contribution in [2.75, 3.05) is 6.61 Å². The van der Waals surface area contributed by atoms with Crippen molar-refractivity contribution in [3.8, 4) is 5.40 Å². The van der Waals surface area contributed by atoms with E-state index in [0.717, 1.165) is 60.6 Å². The number of allylic oxidation sites excluding steroid dienone is 3. The molecule has 1 aliphatic rings. The summed E-state index contributed by atoms with van der Waals surface area (Å²) >= 11 is 1.16. The average molecular weight is 378 g/mol. The lowest BCUT2D eigenvalue weighted by molar-refractivity contribution is -0.135. The van der Waals surface area contributed by atoms with Crippen LogP contribution in [0, 0.1) is 10.7 Å². The third-order valence-corrected chi connectivity index (χ3v) is 6.03. The number of thiocyanates is 1. The molecule has 0 fully saturated rings. The smallest absolute Gasteiger partial charge is 0.334 e. The zero-order valence-corrected chi connectivity index (χ0v) is 17.2. The molecule has 4 nitrogen and oxygen atoms in total. The van der Waals surface area contributed by atoms with Gasteiger partial charge in [-0.25, -0.2) is 4.79 Å². The molecule has 1 rings (SSSR count). The van der Waals surface area contributed by atoms with Gasteiger partial charge in [0, 0.05) is 5.57 Å². The van der Waals surface area contributed by atoms with Gasteiger partial charge in [-0.3, -0.25) is 0 Å². The normalized spacial score (nSPS) is 18.3. The summed E-state index contributed by atoms with van der Waals surface area (Å²) in [7, 11) is 0. The van der Waals surface area contributed by atoms with Crippen LogP contribution in [0.3, 0.4) is 0 Å². The van der Waals surface area contributed by atoms with Gasteiger partial charge in [0.15, 0.2) is 0 Å². The van der Waals surface area contributed by atoms with E-state index in [0.29, 0.717) is 13.0 Å². The molecular formula is C21H31NO3S. The number of aliphatic hydroxyl groups is 1. The second-order valence-electron chi connectivity index (χ2n) is 7.41. The van der Waals surface area contributed by atoms with Crippen molar-refractivity contribution in [1.82, 2.24) is 0 Å². The maximum absolute atomic E-state index is 11.4. The number of cyclic esters (lactones) is 1. The summed E-state index contributed by atoms with van der Waals surface area (Å²) in [4.78, 5) is 11.4. The van der Waals surface area contributed by atoms with Gasteiger partial charge in [-0.2, -0.15) is 5.26 Å². The number of nitrogens with zero attached hydrogens (tertiary/aromatic N) is 1. The fraction of sp³-hybridized carbons (Fsp3) is 0.619. The molecule has 0 aromatic heterocycles. The van der Waals surface area contributed by atoms with Gasteiger partial charge in [0.25, 0.3) is 0 Å². The summed E-state index contributed by atoms with van der Waals surface area (Å²) < 4.78 is 4.55. The lowest BCUT2D eigenvalue weighted by atomic mass is 9.92. The molecule has 0 aliphatic carbocycles. The number of nitriles is 1. The Kier molecular flexibility index (Phi) is 9.18. The monoisotopic (exact) mass is 377 g/mol. The van der Waals surface area contributed by atoms with E-state index in [1.165, 1.54) is 5.57 Å². The van der Waals surface area contributed by atoms with E-state index in [9.17, 15) is 9.90 Å². The first-order chi connectivity index (χ1) is 12.2. The van der Waals surface area contributed by atoms with Crippen LogP contribution in [-0.4, -0.2) is 28.5 Å². The summed E-state index contributed by atoms with van der Waals surface area (Å²) in [5, 5.41) is 21.8. The van der Waals surface area contributed by atoms with Gasteiger partial charge in [-0.05, 0) is 83.6 Å². The van der Waals surface area contributed by atoms with Crippen LogP contribution in [0.2, 0.25) is 0 Å². The van der Waals surface area contributed by atoms with Crippen LogP contribution in [0.5, 0.6) is 0 Å². The minimum Gasteiger partial charge on any atom is -0.458 e. The maximum atomic E-state index is 11.4. The Labute approximate surface area is 162 Å². The van der Waals surface area contributed by atoms with E-state index in [4.69, 9.17) is 10.00 Å². The number of thioether (sulfide) groups is 1. The summed E-state index contributed by atoms with van der Waals surface area (Å²) in [6, 6.07) is 0. The molecule has 1 aliphatic heterocycles. The molecule has 2 atom stereocenters. The molecule has 0 aromatic rings. The first-order valence-electron chi connectivity index (χ1n) is 9.10. The molecule has 0 amide bonds. The van der Waals surface area contributed by atoms with Crippen LogP contribution in [-0.2, 0) is 9.53 Å². The predicted octanol–water partition coefficient (Wildman–Crippen LogP) is 5.06. The van der Waals surface area contributed by atoms with E-state index < -0.39 is 10.9 Å². The van der Waals surface area contributed by atoms with Crippen molar-refractivity contribution in [2.45, 2.75) is 77.1 Å². The molecule has 0 unspecified atom stereocenters. The topological polar surface area (TPSA) is 70.3 Å². The zero-order valence-electron chi connectivity index (χ0n) is 16.4. The summed E-state index contributed by atoms with van der Waals surface area (Å²) in [6.45, 7) is 12.1. The van der Waals surface area contributed by atoms with E-state index in [1.54, 1.807) is 0 Å². The second-order valence-corrected chi connectivity index (χ2v) is 8.73. The van der Waals surface area contributed by atoms with Crippen LogP contribution in [0.25, 0.3) is 0 Å². The third-order valence-electron chi connectivity index (χ3n) is 5.00. The molecule has 1 heterocycles. The van der Waals surface area contributed by atoms with Crippen LogP contribution in [0.15, 0.2) is 34.9 Å². The lowest BCUT2D eigenvalue weighted by Gasteiger charge is -2.31. The van der Waals surface area contributed by atoms with E-state index in [1.807, 2.05) is 20.8 Å². The fourth-order valence-electron chi connectivity index (χ4n) is 2.91. The van der Waals surface area contributed by atoms with Crippen molar-refractivity contribution in [2.24, 2.45) is 0 Å². The van der Waals surface area contributed by atoms with Crippen molar-refractivity contribution in [1.29, 1.82) is 5.26 Å². The summed E-state index contributed by atoms with van der Waals surface area (Å²) in [5.74, 6) is -0.199. The predicted molar refractivity (Wildman–Crippen MR) is 108 cm³/mol. The highest BCUT2D eigenvalue weighted by atomic mass is 32.2. The molecule has 5 heteroatoms. The van der Waals surface area contributed by atoms with Gasteiger partial charge in [0.2, 0.25) is 0 Å². The van der Waals surface area contributed by atoms with Crippen LogP contribution < -0.4 is 0 Å². The van der Waals surface area contributed by atoms with Crippen molar-refractivity contribution in [3.05, 3.63) is 34.9 Å². The number of carbonyl (C=O) groups excluding carboxylic acids is 1. The van der Waals surface area contributed by atoms with Gasteiger partial charge in [0.1, 0.15) is 12.0 Å². The van der Waals surface area contributed by atoms with Crippen LogP contribution in [0.1, 0.15) is 66.2 Å². The Morgan fingerprint density at radius 3 is 2.73 bits per heavy atom.